The lowest BCUT2D eigenvalue weighted by atomic mass is 10.0. The number of nitrogens with two attached hydrogens (primary N) is 1. The monoisotopic (exact) mass is 617 g/mol. The number of amides is 4. The number of anilines is 2. The summed E-state index contributed by atoms with van der Waals surface area (Å²) in [6.07, 6.45) is 1.56. The number of fused-ring (bicyclic) bond motifs is 1. The molecule has 2 atom stereocenters. The van der Waals surface area contributed by atoms with Crippen LogP contribution in [0.3, 0.4) is 0 Å². The van der Waals surface area contributed by atoms with E-state index < -0.39 is 24.0 Å². The van der Waals surface area contributed by atoms with E-state index in [4.69, 9.17) is 19.9 Å². The van der Waals surface area contributed by atoms with Gasteiger partial charge in [0.1, 0.15) is 6.04 Å². The van der Waals surface area contributed by atoms with E-state index in [1.54, 1.807) is 42.5 Å². The lowest BCUT2D eigenvalue weighted by Crippen LogP contribution is -2.48. The molecule has 12 nitrogen and oxygen atoms in total. The summed E-state index contributed by atoms with van der Waals surface area (Å²) >= 11 is 0. The first-order valence-corrected chi connectivity index (χ1v) is 14.7. The summed E-state index contributed by atoms with van der Waals surface area (Å²) < 4.78 is 15.7. The van der Waals surface area contributed by atoms with Crippen LogP contribution in [0.1, 0.15) is 48.4 Å². The highest BCUT2D eigenvalue weighted by atomic mass is 16.7. The highest BCUT2D eigenvalue weighted by Gasteiger charge is 2.27. The molecule has 0 saturated carbocycles. The molecular weight excluding hydrogens is 578 g/mol. The van der Waals surface area contributed by atoms with Crippen molar-refractivity contribution in [1.29, 1.82) is 0 Å². The van der Waals surface area contributed by atoms with Crippen LogP contribution in [0, 0.1) is 6.92 Å². The van der Waals surface area contributed by atoms with Gasteiger partial charge >= 0.3 is 12.0 Å². The zero-order valence-corrected chi connectivity index (χ0v) is 25.4. The van der Waals surface area contributed by atoms with Crippen LogP contribution in [0.15, 0.2) is 66.7 Å². The van der Waals surface area contributed by atoms with E-state index in [0.717, 1.165) is 5.56 Å². The predicted molar refractivity (Wildman–Crippen MR) is 169 cm³/mol. The molecule has 4 amide bonds. The molecule has 0 unspecified atom stereocenters. The fraction of sp³-hybridized carbons (Fsp3) is 0.333. The number of hydrogen-bond donors (Lipinski definition) is 5. The number of nitrogens with one attached hydrogen (secondary N) is 4. The molecule has 1 heterocycles. The molecule has 0 spiro atoms. The Hall–Kier alpha value is -5.10. The van der Waals surface area contributed by atoms with E-state index in [0.29, 0.717) is 59.8 Å². The van der Waals surface area contributed by atoms with Gasteiger partial charge in [0.2, 0.25) is 18.6 Å². The van der Waals surface area contributed by atoms with Gasteiger partial charge < -0.3 is 41.2 Å². The van der Waals surface area contributed by atoms with Gasteiger partial charge in [-0.2, -0.15) is 0 Å². The second kappa shape index (κ2) is 16.1. The third-order valence-electron chi connectivity index (χ3n) is 7.28. The van der Waals surface area contributed by atoms with Crippen molar-refractivity contribution in [3.8, 4) is 11.5 Å². The molecule has 3 aromatic carbocycles. The first-order valence-electron chi connectivity index (χ1n) is 14.7. The molecule has 0 radical (unpaired) electrons. The molecule has 0 aromatic heterocycles. The van der Waals surface area contributed by atoms with Crippen LogP contribution in [-0.2, 0) is 25.5 Å². The Bertz CT molecular complexity index is 1500. The quantitative estimate of drug-likeness (QED) is 0.134. The van der Waals surface area contributed by atoms with Crippen molar-refractivity contribution in [2.75, 3.05) is 31.1 Å². The van der Waals surface area contributed by atoms with E-state index >= 15 is 0 Å². The minimum Gasteiger partial charge on any atom is -0.469 e. The van der Waals surface area contributed by atoms with Crippen LogP contribution in [0.2, 0.25) is 0 Å². The maximum atomic E-state index is 13.5. The van der Waals surface area contributed by atoms with Crippen LogP contribution >= 0.6 is 0 Å². The lowest BCUT2D eigenvalue weighted by molar-refractivity contribution is -0.141. The molecule has 12 heteroatoms. The first kappa shape index (κ1) is 32.8. The average molecular weight is 618 g/mol. The van der Waals surface area contributed by atoms with E-state index in [9.17, 15) is 19.2 Å². The average Bonchev–Trinajstić information content (AvgIpc) is 3.50. The molecule has 1 aliphatic rings. The number of ether oxygens (including phenoxy) is 3. The minimum absolute atomic E-state index is 0.0180. The number of para-hydroxylation sites is 1. The first-order chi connectivity index (χ1) is 21.7. The summed E-state index contributed by atoms with van der Waals surface area (Å²) in [5.74, 6) is -0.215. The zero-order chi connectivity index (χ0) is 32.2. The molecule has 4 rings (SSSR count). The second-order valence-electron chi connectivity index (χ2n) is 10.6. The molecule has 0 fully saturated rings. The second-order valence-corrected chi connectivity index (χ2v) is 10.6. The van der Waals surface area contributed by atoms with Crippen LogP contribution < -0.4 is 36.5 Å². The normalized spacial score (nSPS) is 12.9. The number of methoxy groups -OCH3 is 1. The van der Waals surface area contributed by atoms with Gasteiger partial charge in [-0.15, -0.1) is 0 Å². The number of hydrogen-bond acceptors (Lipinski definition) is 8. The smallest absolute Gasteiger partial charge is 0.323 e. The van der Waals surface area contributed by atoms with Crippen molar-refractivity contribution in [3.05, 3.63) is 83.4 Å². The van der Waals surface area contributed by atoms with Crippen LogP contribution in [0.25, 0.3) is 0 Å². The number of urea groups is 1. The van der Waals surface area contributed by atoms with Crippen molar-refractivity contribution in [2.24, 2.45) is 5.73 Å². The Balaban J connectivity index is 1.38. The number of unbranched alkanes of at least 4 members (excludes halogenated alkanes) is 1. The summed E-state index contributed by atoms with van der Waals surface area (Å²) in [4.78, 5) is 51.2. The molecule has 0 saturated heterocycles. The van der Waals surface area contributed by atoms with Gasteiger partial charge in [-0.05, 0) is 79.8 Å². The maximum absolute atomic E-state index is 13.5. The molecule has 0 aliphatic carbocycles. The van der Waals surface area contributed by atoms with Gasteiger partial charge in [0, 0.05) is 11.4 Å². The minimum atomic E-state index is -0.857. The highest BCUT2D eigenvalue weighted by molar-refractivity contribution is 6.00. The number of esters is 1. The van der Waals surface area contributed by atoms with Crippen molar-refractivity contribution in [2.45, 2.75) is 51.1 Å². The fourth-order valence-corrected chi connectivity index (χ4v) is 4.80. The van der Waals surface area contributed by atoms with Gasteiger partial charge in [0.15, 0.2) is 11.5 Å². The molecular formula is C33H39N5O7. The van der Waals surface area contributed by atoms with Gasteiger partial charge in [0.25, 0.3) is 0 Å². The van der Waals surface area contributed by atoms with Crippen LogP contribution in [0.4, 0.5) is 16.2 Å². The molecule has 0 bridgehead atoms. The summed E-state index contributed by atoms with van der Waals surface area (Å²) in [5.41, 5.74) is 9.20. The summed E-state index contributed by atoms with van der Waals surface area (Å²) in [5, 5.41) is 11.3. The maximum Gasteiger partial charge on any atom is 0.323 e. The van der Waals surface area contributed by atoms with Gasteiger partial charge in [-0.1, -0.05) is 36.4 Å². The number of carbonyl (C=O) groups is 4. The number of rotatable bonds is 14. The largest absolute Gasteiger partial charge is 0.469 e. The summed E-state index contributed by atoms with van der Waals surface area (Å²) in [6, 6.07) is 17.5. The highest BCUT2D eigenvalue weighted by Crippen LogP contribution is 2.35. The van der Waals surface area contributed by atoms with E-state index in [1.165, 1.54) is 7.11 Å². The molecule has 45 heavy (non-hydrogen) atoms. The van der Waals surface area contributed by atoms with Crippen LogP contribution in [-0.4, -0.2) is 50.3 Å². The molecule has 3 aromatic rings. The third-order valence-corrected chi connectivity index (χ3v) is 7.28. The fourth-order valence-electron chi connectivity index (χ4n) is 4.80. The third kappa shape index (κ3) is 9.70. The standard InChI is InChI=1S/C33H39N5O7/c1-21-7-3-4-8-25(21)38-33(42)35-24-13-10-22(11-14-24)17-30(39)36-26(9-5-6-16-34)32(41)37-27(19-31(40)43-2)23-12-15-28-29(18-23)45-20-44-28/h3-4,7-8,10-15,18,26-27H,5-6,9,16-17,19-20,34H2,1-2H3,(H,36,39)(H,37,41)(H2,35,38,42)/t26-,27-/m0/s1. The van der Waals surface area contributed by atoms with Crippen LogP contribution in [0.5, 0.6) is 11.5 Å². The van der Waals surface area contributed by atoms with E-state index in [-0.39, 0.29) is 31.6 Å². The Kier molecular flexibility index (Phi) is 11.7. The number of carbonyl (C=O) groups excluding carboxylic acids is 4. The van der Waals surface area contributed by atoms with Gasteiger partial charge in [-0.3, -0.25) is 14.4 Å². The zero-order valence-electron chi connectivity index (χ0n) is 25.4. The number of benzene rings is 3. The van der Waals surface area contributed by atoms with Crippen molar-refractivity contribution >= 4 is 35.2 Å². The molecule has 6 N–H and O–H groups in total. The Morgan fingerprint density at radius 2 is 1.67 bits per heavy atom. The van der Waals surface area contributed by atoms with Gasteiger partial charge in [-0.25, -0.2) is 4.79 Å². The lowest BCUT2D eigenvalue weighted by Gasteiger charge is -2.24. The number of aryl methyl sites for hydroxylation is 1. The Morgan fingerprint density at radius 3 is 2.40 bits per heavy atom. The van der Waals surface area contributed by atoms with E-state index in [1.807, 2.05) is 31.2 Å². The SMILES string of the molecule is COC(=O)C[C@H](NC(=O)[C@H](CCCCN)NC(=O)Cc1ccc(NC(=O)Nc2ccccc2C)cc1)c1ccc2c(c1)OCO2. The summed E-state index contributed by atoms with van der Waals surface area (Å²) in [6.45, 7) is 2.44. The predicted octanol–water partition coefficient (Wildman–Crippen LogP) is 3.94. The van der Waals surface area contributed by atoms with Crippen molar-refractivity contribution in [1.82, 2.24) is 10.6 Å². The summed E-state index contributed by atoms with van der Waals surface area (Å²) in [7, 11) is 1.28. The topological polar surface area (TPSA) is 170 Å². The Morgan fingerprint density at radius 1 is 0.911 bits per heavy atom. The van der Waals surface area contributed by atoms with Gasteiger partial charge in [0.05, 0.1) is 26.0 Å². The van der Waals surface area contributed by atoms with Crippen molar-refractivity contribution < 1.29 is 33.4 Å². The van der Waals surface area contributed by atoms with Crippen molar-refractivity contribution in [3.63, 3.8) is 0 Å². The molecule has 238 valence electrons. The van der Waals surface area contributed by atoms with E-state index in [2.05, 4.69) is 21.3 Å². The Labute approximate surface area is 262 Å². The molecule has 1 aliphatic heterocycles.